The summed E-state index contributed by atoms with van der Waals surface area (Å²) in [5, 5.41) is 2.89. The molecule has 0 spiro atoms. The zero-order valence-electron chi connectivity index (χ0n) is 15.4. The van der Waals surface area contributed by atoms with Crippen LogP contribution in [0.15, 0.2) is 24.3 Å². The minimum atomic E-state index is -2.66. The SMILES string of the molecule is CCCNC(=O)CN1CCN(Cn2c(=S)n(C(F)F)c3ccccc32)CC1. The highest BCUT2D eigenvalue weighted by atomic mass is 32.1. The predicted octanol–water partition coefficient (Wildman–Crippen LogP) is 2.67. The normalized spacial score (nSPS) is 16.3. The molecule has 0 unspecified atom stereocenters. The first-order chi connectivity index (χ1) is 13.0. The van der Waals surface area contributed by atoms with Crippen LogP contribution in [0.3, 0.4) is 0 Å². The smallest absolute Gasteiger partial charge is 0.321 e. The van der Waals surface area contributed by atoms with Gasteiger partial charge in [0.25, 0.3) is 0 Å². The lowest BCUT2D eigenvalue weighted by atomic mass is 10.3. The molecule has 0 atom stereocenters. The van der Waals surface area contributed by atoms with Gasteiger partial charge in [-0.05, 0) is 30.8 Å². The van der Waals surface area contributed by atoms with E-state index in [4.69, 9.17) is 12.2 Å². The summed E-state index contributed by atoms with van der Waals surface area (Å²) in [6.45, 7) is 3.98. The molecule has 0 aliphatic carbocycles. The summed E-state index contributed by atoms with van der Waals surface area (Å²) in [6.07, 6.45) is 0.923. The van der Waals surface area contributed by atoms with E-state index >= 15 is 0 Å². The van der Waals surface area contributed by atoms with Crippen LogP contribution in [0.1, 0.15) is 19.9 Å². The molecular weight excluding hydrogens is 372 g/mol. The lowest BCUT2D eigenvalue weighted by Gasteiger charge is -2.34. The number of aromatic nitrogens is 2. The number of carbonyl (C=O) groups is 1. The number of hydrogen-bond acceptors (Lipinski definition) is 4. The highest BCUT2D eigenvalue weighted by Gasteiger charge is 2.22. The van der Waals surface area contributed by atoms with Gasteiger partial charge in [-0.2, -0.15) is 8.78 Å². The van der Waals surface area contributed by atoms with Gasteiger partial charge in [0.05, 0.1) is 24.2 Å². The first-order valence-corrected chi connectivity index (χ1v) is 9.61. The number of para-hydroxylation sites is 2. The minimum absolute atomic E-state index is 0.0486. The molecule has 1 N–H and O–H groups in total. The fraction of sp³-hybridized carbons (Fsp3) is 0.556. The second kappa shape index (κ2) is 8.90. The van der Waals surface area contributed by atoms with Crippen molar-refractivity contribution in [3.63, 3.8) is 0 Å². The van der Waals surface area contributed by atoms with E-state index in [0.717, 1.165) is 37.2 Å². The molecule has 0 radical (unpaired) electrons. The molecule has 27 heavy (non-hydrogen) atoms. The number of rotatable bonds is 7. The van der Waals surface area contributed by atoms with Gasteiger partial charge in [-0.1, -0.05) is 19.1 Å². The Labute approximate surface area is 162 Å². The number of nitrogens with one attached hydrogen (secondary N) is 1. The fourth-order valence-corrected chi connectivity index (χ4v) is 3.70. The van der Waals surface area contributed by atoms with Gasteiger partial charge >= 0.3 is 6.55 Å². The number of nitrogens with zero attached hydrogens (tertiary/aromatic N) is 4. The number of piperazine rings is 1. The van der Waals surface area contributed by atoms with Crippen molar-refractivity contribution in [1.82, 2.24) is 24.3 Å². The van der Waals surface area contributed by atoms with E-state index in [0.29, 0.717) is 30.8 Å². The summed E-state index contributed by atoms with van der Waals surface area (Å²) in [4.78, 5) is 16.1. The molecule has 0 bridgehead atoms. The average Bonchev–Trinajstić information content (AvgIpc) is 2.93. The molecule has 1 fully saturated rings. The standard InChI is InChI=1S/C18H25F2N5OS/c1-2-7-21-16(26)12-22-8-10-23(11-9-22)13-24-14-5-3-4-6-15(14)25(17(19)20)18(24)27/h3-6,17H,2,7-13H2,1H3,(H,21,26). The van der Waals surface area contributed by atoms with E-state index in [-0.39, 0.29) is 10.7 Å². The van der Waals surface area contributed by atoms with Crippen LogP contribution in [0, 0.1) is 4.77 Å². The molecule has 3 rings (SSSR count). The lowest BCUT2D eigenvalue weighted by molar-refractivity contribution is -0.122. The second-order valence-electron chi connectivity index (χ2n) is 6.73. The molecular formula is C18H25F2N5OS. The number of imidazole rings is 1. The van der Waals surface area contributed by atoms with Crippen molar-refractivity contribution < 1.29 is 13.6 Å². The fourth-order valence-electron chi connectivity index (χ4n) is 3.37. The van der Waals surface area contributed by atoms with E-state index in [1.807, 2.05) is 19.1 Å². The third-order valence-corrected chi connectivity index (χ3v) is 5.23. The van der Waals surface area contributed by atoms with Crippen LogP contribution in [0.2, 0.25) is 0 Å². The molecule has 1 amide bonds. The second-order valence-corrected chi connectivity index (χ2v) is 7.10. The van der Waals surface area contributed by atoms with E-state index < -0.39 is 6.55 Å². The highest BCUT2D eigenvalue weighted by Crippen LogP contribution is 2.24. The molecule has 1 aromatic heterocycles. The van der Waals surface area contributed by atoms with E-state index in [9.17, 15) is 13.6 Å². The number of hydrogen-bond donors (Lipinski definition) is 1. The summed E-state index contributed by atoms with van der Waals surface area (Å²) >= 11 is 5.31. The van der Waals surface area contributed by atoms with Gasteiger partial charge in [0, 0.05) is 32.7 Å². The minimum Gasteiger partial charge on any atom is -0.355 e. The van der Waals surface area contributed by atoms with Crippen molar-refractivity contribution >= 4 is 29.2 Å². The molecule has 0 saturated carbocycles. The summed E-state index contributed by atoms with van der Waals surface area (Å²) < 4.78 is 29.7. The maximum atomic E-state index is 13.4. The number of amides is 1. The Morgan fingerprint density at radius 2 is 1.78 bits per heavy atom. The monoisotopic (exact) mass is 397 g/mol. The number of halogens is 2. The number of fused-ring (bicyclic) bond motifs is 1. The van der Waals surface area contributed by atoms with Crippen molar-refractivity contribution in [2.45, 2.75) is 26.6 Å². The quantitative estimate of drug-likeness (QED) is 0.730. The summed E-state index contributed by atoms with van der Waals surface area (Å²) in [6, 6.07) is 7.05. The zero-order valence-corrected chi connectivity index (χ0v) is 16.2. The van der Waals surface area contributed by atoms with Gasteiger partial charge in [-0.15, -0.1) is 0 Å². The van der Waals surface area contributed by atoms with Gasteiger partial charge in [-0.3, -0.25) is 19.2 Å². The van der Waals surface area contributed by atoms with Crippen molar-refractivity contribution in [1.29, 1.82) is 0 Å². The first-order valence-electron chi connectivity index (χ1n) is 9.20. The highest BCUT2D eigenvalue weighted by molar-refractivity contribution is 7.71. The Morgan fingerprint density at radius 1 is 1.15 bits per heavy atom. The molecule has 148 valence electrons. The topological polar surface area (TPSA) is 45.4 Å². The Kier molecular flexibility index (Phi) is 6.56. The first kappa shape index (κ1) is 19.9. The largest absolute Gasteiger partial charge is 0.355 e. The van der Waals surface area contributed by atoms with E-state index in [1.54, 1.807) is 16.7 Å². The summed E-state index contributed by atoms with van der Waals surface area (Å²) in [5.41, 5.74) is 1.16. The van der Waals surface area contributed by atoms with E-state index in [2.05, 4.69) is 15.1 Å². The van der Waals surface area contributed by atoms with Crippen LogP contribution >= 0.6 is 12.2 Å². The molecule has 1 saturated heterocycles. The molecule has 1 aliphatic heterocycles. The van der Waals surface area contributed by atoms with Crippen LogP contribution in [0.4, 0.5) is 8.78 Å². The molecule has 6 nitrogen and oxygen atoms in total. The van der Waals surface area contributed by atoms with Crippen molar-refractivity contribution in [2.75, 3.05) is 39.3 Å². The summed E-state index contributed by atoms with van der Waals surface area (Å²) in [5.74, 6) is 0.0486. The Hall–Kier alpha value is -1.84. The molecule has 1 aromatic carbocycles. The maximum Gasteiger partial charge on any atom is 0.321 e. The van der Waals surface area contributed by atoms with Crippen LogP contribution in [0.25, 0.3) is 11.0 Å². The van der Waals surface area contributed by atoms with Crippen LogP contribution in [-0.4, -0.2) is 64.1 Å². The predicted molar refractivity (Wildman–Crippen MR) is 103 cm³/mol. The molecule has 9 heteroatoms. The summed E-state index contributed by atoms with van der Waals surface area (Å²) in [7, 11) is 0. The van der Waals surface area contributed by atoms with Gasteiger partial charge in [0.15, 0.2) is 4.77 Å². The van der Waals surface area contributed by atoms with Crippen LogP contribution in [-0.2, 0) is 11.5 Å². The number of alkyl halides is 2. The molecule has 2 heterocycles. The van der Waals surface area contributed by atoms with Crippen molar-refractivity contribution in [3.05, 3.63) is 29.0 Å². The van der Waals surface area contributed by atoms with Gasteiger partial charge in [0.1, 0.15) is 0 Å². The lowest BCUT2D eigenvalue weighted by Crippen LogP contribution is -2.49. The third-order valence-electron chi connectivity index (χ3n) is 4.81. The molecule has 1 aliphatic rings. The Morgan fingerprint density at radius 3 is 2.41 bits per heavy atom. The number of carbonyl (C=O) groups excluding carboxylic acids is 1. The third kappa shape index (κ3) is 4.53. The van der Waals surface area contributed by atoms with Gasteiger partial charge in [0.2, 0.25) is 5.91 Å². The Bertz CT molecular complexity index is 842. The van der Waals surface area contributed by atoms with Crippen LogP contribution < -0.4 is 5.32 Å². The van der Waals surface area contributed by atoms with Gasteiger partial charge in [-0.25, -0.2) is 0 Å². The molecule has 2 aromatic rings. The van der Waals surface area contributed by atoms with Crippen molar-refractivity contribution in [3.8, 4) is 0 Å². The van der Waals surface area contributed by atoms with Gasteiger partial charge < -0.3 is 9.88 Å². The average molecular weight is 397 g/mol. The van der Waals surface area contributed by atoms with Crippen molar-refractivity contribution in [2.24, 2.45) is 0 Å². The number of benzene rings is 1. The maximum absolute atomic E-state index is 13.4. The zero-order chi connectivity index (χ0) is 19.4. The van der Waals surface area contributed by atoms with E-state index in [1.165, 1.54) is 0 Å². The van der Waals surface area contributed by atoms with Crippen LogP contribution in [0.5, 0.6) is 0 Å². The Balaban J connectivity index is 1.65.